The first-order valence-corrected chi connectivity index (χ1v) is 8.01. The lowest BCUT2D eigenvalue weighted by Crippen LogP contribution is -2.24. The van der Waals surface area contributed by atoms with Crippen LogP contribution in [0.1, 0.15) is 5.56 Å². The zero-order chi connectivity index (χ0) is 17.0. The molecule has 0 saturated carbocycles. The second kappa shape index (κ2) is 6.93. The first-order chi connectivity index (χ1) is 10.9. The monoisotopic (exact) mass is 343 g/mol. The third-order valence-electron chi connectivity index (χ3n) is 3.10. The van der Waals surface area contributed by atoms with Crippen molar-refractivity contribution < 1.29 is 26.7 Å². The highest BCUT2D eigenvalue weighted by Gasteiger charge is 2.19. The van der Waals surface area contributed by atoms with Gasteiger partial charge in [-0.3, -0.25) is 0 Å². The van der Waals surface area contributed by atoms with E-state index in [0.29, 0.717) is 23.1 Å². The molecule has 0 saturated heterocycles. The van der Waals surface area contributed by atoms with Crippen molar-refractivity contribution in [1.29, 1.82) is 0 Å². The highest BCUT2D eigenvalue weighted by atomic mass is 32.2. The fourth-order valence-corrected chi connectivity index (χ4v) is 3.03. The molecule has 0 spiro atoms. The van der Waals surface area contributed by atoms with Crippen LogP contribution >= 0.6 is 0 Å². The predicted octanol–water partition coefficient (Wildman–Crippen LogP) is 2.46. The van der Waals surface area contributed by atoms with Crippen molar-refractivity contribution in [2.24, 2.45) is 0 Å². The van der Waals surface area contributed by atoms with Gasteiger partial charge in [0.1, 0.15) is 16.5 Å². The Morgan fingerprint density at radius 3 is 2.35 bits per heavy atom. The Kier molecular flexibility index (Phi) is 5.17. The number of halogens is 2. The Hall–Kier alpha value is -2.19. The summed E-state index contributed by atoms with van der Waals surface area (Å²) in [6.45, 7) is -0.112. The van der Waals surface area contributed by atoms with E-state index in [1.165, 1.54) is 14.2 Å². The zero-order valence-electron chi connectivity index (χ0n) is 12.5. The van der Waals surface area contributed by atoms with Crippen LogP contribution in [0, 0.1) is 11.6 Å². The first-order valence-electron chi connectivity index (χ1n) is 6.53. The number of hydrogen-bond acceptors (Lipinski definition) is 4. The normalized spacial score (nSPS) is 11.3. The molecule has 0 aliphatic rings. The Morgan fingerprint density at radius 1 is 1.00 bits per heavy atom. The second-order valence-corrected chi connectivity index (χ2v) is 6.32. The molecule has 0 aliphatic heterocycles. The molecule has 2 rings (SSSR count). The molecular formula is C15H15F2NO4S. The summed E-state index contributed by atoms with van der Waals surface area (Å²) in [5.74, 6) is -0.930. The van der Waals surface area contributed by atoms with Gasteiger partial charge in [-0.25, -0.2) is 21.9 Å². The van der Waals surface area contributed by atoms with Gasteiger partial charge in [0.2, 0.25) is 10.0 Å². The molecule has 0 atom stereocenters. The molecule has 0 aliphatic carbocycles. The Balaban J connectivity index is 2.21. The van der Waals surface area contributed by atoms with E-state index in [-0.39, 0.29) is 6.54 Å². The molecule has 0 unspecified atom stereocenters. The minimum absolute atomic E-state index is 0.112. The van der Waals surface area contributed by atoms with Crippen molar-refractivity contribution in [3.63, 3.8) is 0 Å². The van der Waals surface area contributed by atoms with Crippen LogP contribution in [0.4, 0.5) is 8.78 Å². The van der Waals surface area contributed by atoms with E-state index in [2.05, 4.69) is 4.72 Å². The summed E-state index contributed by atoms with van der Waals surface area (Å²) in [6.07, 6.45) is 0. The molecule has 8 heteroatoms. The Labute approximate surface area is 132 Å². The summed E-state index contributed by atoms with van der Waals surface area (Å²) >= 11 is 0. The van der Waals surface area contributed by atoms with Gasteiger partial charge in [0.25, 0.3) is 0 Å². The minimum Gasteiger partial charge on any atom is -0.493 e. The van der Waals surface area contributed by atoms with E-state index < -0.39 is 26.6 Å². The third kappa shape index (κ3) is 3.96. The number of hydrogen-bond donors (Lipinski definition) is 1. The van der Waals surface area contributed by atoms with Gasteiger partial charge in [0.05, 0.1) is 14.2 Å². The summed E-state index contributed by atoms with van der Waals surface area (Å²) in [7, 11) is -1.25. The van der Waals surface area contributed by atoms with Crippen molar-refractivity contribution in [3.05, 3.63) is 53.6 Å². The molecule has 2 aromatic rings. The van der Waals surface area contributed by atoms with Gasteiger partial charge >= 0.3 is 0 Å². The molecule has 124 valence electrons. The largest absolute Gasteiger partial charge is 0.493 e. The third-order valence-corrected chi connectivity index (χ3v) is 4.51. The number of ether oxygens (including phenoxy) is 2. The summed E-state index contributed by atoms with van der Waals surface area (Å²) < 4.78 is 63.3. The van der Waals surface area contributed by atoms with Gasteiger partial charge in [-0.1, -0.05) is 6.07 Å². The summed E-state index contributed by atoms with van der Waals surface area (Å²) in [6, 6.07) is 7.08. The fourth-order valence-electron chi connectivity index (χ4n) is 1.93. The lowest BCUT2D eigenvalue weighted by Gasteiger charge is -2.11. The Morgan fingerprint density at radius 2 is 1.70 bits per heavy atom. The SMILES string of the molecule is COc1ccc(CNS(=O)(=O)c2cc(F)ccc2F)cc1OC. The maximum atomic E-state index is 13.6. The zero-order valence-corrected chi connectivity index (χ0v) is 13.3. The first kappa shape index (κ1) is 17.2. The fraction of sp³-hybridized carbons (Fsp3) is 0.200. The van der Waals surface area contributed by atoms with E-state index in [1.807, 2.05) is 0 Å². The van der Waals surface area contributed by atoms with Crippen LogP contribution in [0.25, 0.3) is 0 Å². The summed E-state index contributed by atoms with van der Waals surface area (Å²) in [5, 5.41) is 0. The lowest BCUT2D eigenvalue weighted by molar-refractivity contribution is 0.354. The summed E-state index contributed by atoms with van der Waals surface area (Å²) in [5.41, 5.74) is 0.572. The van der Waals surface area contributed by atoms with Crippen molar-refractivity contribution in [2.75, 3.05) is 14.2 Å². The van der Waals surface area contributed by atoms with Gasteiger partial charge in [-0.05, 0) is 35.9 Å². The van der Waals surface area contributed by atoms with Crippen molar-refractivity contribution in [1.82, 2.24) is 4.72 Å². The van der Waals surface area contributed by atoms with Crippen molar-refractivity contribution in [3.8, 4) is 11.5 Å². The average molecular weight is 343 g/mol. The standard InChI is InChI=1S/C15H15F2NO4S/c1-21-13-6-3-10(7-14(13)22-2)9-18-23(19,20)15-8-11(16)4-5-12(15)17/h3-8,18H,9H2,1-2H3. The highest BCUT2D eigenvalue weighted by molar-refractivity contribution is 7.89. The van der Waals surface area contributed by atoms with Gasteiger partial charge < -0.3 is 9.47 Å². The van der Waals surface area contributed by atoms with Crippen LogP contribution in [0.3, 0.4) is 0 Å². The van der Waals surface area contributed by atoms with Crippen LogP contribution in [-0.2, 0) is 16.6 Å². The number of methoxy groups -OCH3 is 2. The number of rotatable bonds is 6. The van der Waals surface area contributed by atoms with Gasteiger partial charge in [-0.2, -0.15) is 0 Å². The lowest BCUT2D eigenvalue weighted by atomic mass is 10.2. The highest BCUT2D eigenvalue weighted by Crippen LogP contribution is 2.27. The molecule has 0 amide bonds. The maximum Gasteiger partial charge on any atom is 0.243 e. The van der Waals surface area contributed by atoms with Gasteiger partial charge in [0.15, 0.2) is 11.5 Å². The second-order valence-electron chi connectivity index (χ2n) is 4.59. The smallest absolute Gasteiger partial charge is 0.243 e. The van der Waals surface area contributed by atoms with E-state index >= 15 is 0 Å². The van der Waals surface area contributed by atoms with Gasteiger partial charge in [0, 0.05) is 6.54 Å². The summed E-state index contributed by atoms with van der Waals surface area (Å²) in [4.78, 5) is -0.738. The molecule has 0 fully saturated rings. The average Bonchev–Trinajstić information content (AvgIpc) is 2.54. The molecule has 0 radical (unpaired) electrons. The molecule has 1 N–H and O–H groups in total. The maximum absolute atomic E-state index is 13.6. The molecule has 2 aromatic carbocycles. The van der Waals surface area contributed by atoms with E-state index in [9.17, 15) is 17.2 Å². The predicted molar refractivity (Wildman–Crippen MR) is 79.9 cm³/mol. The topological polar surface area (TPSA) is 64.6 Å². The molecule has 0 heterocycles. The molecule has 0 aromatic heterocycles. The Bertz CT molecular complexity index is 809. The van der Waals surface area contributed by atoms with Crippen LogP contribution < -0.4 is 14.2 Å². The van der Waals surface area contributed by atoms with E-state index in [0.717, 1.165) is 12.1 Å². The molecular weight excluding hydrogens is 328 g/mol. The minimum atomic E-state index is -4.18. The van der Waals surface area contributed by atoms with Crippen molar-refractivity contribution >= 4 is 10.0 Å². The molecule has 0 bridgehead atoms. The number of benzene rings is 2. The quantitative estimate of drug-likeness (QED) is 0.875. The van der Waals surface area contributed by atoms with Crippen LogP contribution in [0.15, 0.2) is 41.3 Å². The van der Waals surface area contributed by atoms with Crippen LogP contribution in [0.5, 0.6) is 11.5 Å². The number of nitrogens with one attached hydrogen (secondary N) is 1. The molecule has 23 heavy (non-hydrogen) atoms. The van der Waals surface area contributed by atoms with E-state index in [1.54, 1.807) is 18.2 Å². The van der Waals surface area contributed by atoms with Crippen LogP contribution in [0.2, 0.25) is 0 Å². The van der Waals surface area contributed by atoms with Crippen molar-refractivity contribution in [2.45, 2.75) is 11.4 Å². The van der Waals surface area contributed by atoms with E-state index in [4.69, 9.17) is 9.47 Å². The molecule has 5 nitrogen and oxygen atoms in total. The number of sulfonamides is 1. The van der Waals surface area contributed by atoms with Gasteiger partial charge in [-0.15, -0.1) is 0 Å². The van der Waals surface area contributed by atoms with Crippen LogP contribution in [-0.4, -0.2) is 22.6 Å².